The third-order valence-corrected chi connectivity index (χ3v) is 5.14. The Labute approximate surface area is 164 Å². The number of aryl methyl sites for hydroxylation is 2. The lowest BCUT2D eigenvalue weighted by molar-refractivity contribution is 0.0990. The van der Waals surface area contributed by atoms with E-state index in [-0.39, 0.29) is 28.7 Å². The minimum absolute atomic E-state index is 0.0135. The van der Waals surface area contributed by atoms with Crippen LogP contribution in [0.25, 0.3) is 10.9 Å². The minimum atomic E-state index is -0.285. The maximum absolute atomic E-state index is 12.9. The minimum Gasteiger partial charge on any atom is -0.507 e. The summed E-state index contributed by atoms with van der Waals surface area (Å²) in [5, 5.41) is 11.1. The molecule has 0 aliphatic rings. The van der Waals surface area contributed by atoms with Gasteiger partial charge in [-0.15, -0.1) is 0 Å². The van der Waals surface area contributed by atoms with Crippen molar-refractivity contribution in [2.45, 2.75) is 40.2 Å². The zero-order valence-electron chi connectivity index (χ0n) is 17.0. The average molecular weight is 378 g/mol. The van der Waals surface area contributed by atoms with Gasteiger partial charge in [0.25, 0.3) is 11.5 Å². The van der Waals surface area contributed by atoms with E-state index in [1.165, 1.54) is 4.90 Å². The van der Waals surface area contributed by atoms with Crippen molar-refractivity contribution in [3.8, 4) is 5.75 Å². The summed E-state index contributed by atoms with van der Waals surface area (Å²) in [5.74, 6) is -0.133. The van der Waals surface area contributed by atoms with Crippen LogP contribution in [0.15, 0.2) is 47.3 Å². The van der Waals surface area contributed by atoms with Crippen LogP contribution in [0, 0.1) is 6.92 Å². The van der Waals surface area contributed by atoms with Gasteiger partial charge in [0.05, 0.1) is 11.1 Å². The molecule has 28 heavy (non-hydrogen) atoms. The van der Waals surface area contributed by atoms with E-state index in [0.717, 1.165) is 22.0 Å². The maximum atomic E-state index is 12.9. The summed E-state index contributed by atoms with van der Waals surface area (Å²) in [6.07, 6.45) is 0. The number of aromatic hydroxyl groups is 1. The molecule has 0 aliphatic carbocycles. The van der Waals surface area contributed by atoms with Crippen LogP contribution < -0.4 is 10.5 Å². The highest BCUT2D eigenvalue weighted by molar-refractivity contribution is 6.08. The number of phenolic OH excluding ortho intramolecular Hbond substituents is 1. The van der Waals surface area contributed by atoms with Gasteiger partial charge < -0.3 is 14.6 Å². The number of carbonyl (C=O) groups excluding carboxylic acids is 1. The molecule has 0 radical (unpaired) electrons. The molecule has 5 nitrogen and oxygen atoms in total. The second-order valence-corrected chi connectivity index (χ2v) is 7.42. The Morgan fingerprint density at radius 2 is 1.86 bits per heavy atom. The lowest BCUT2D eigenvalue weighted by atomic mass is 9.98. The molecule has 3 aromatic rings. The van der Waals surface area contributed by atoms with Gasteiger partial charge in [-0.3, -0.25) is 9.59 Å². The van der Waals surface area contributed by atoms with Gasteiger partial charge >= 0.3 is 0 Å². The number of rotatable bonds is 4. The van der Waals surface area contributed by atoms with Gasteiger partial charge in [0.1, 0.15) is 5.75 Å². The van der Waals surface area contributed by atoms with E-state index in [4.69, 9.17) is 0 Å². The van der Waals surface area contributed by atoms with E-state index < -0.39 is 0 Å². The fourth-order valence-electron chi connectivity index (χ4n) is 3.53. The zero-order valence-corrected chi connectivity index (χ0v) is 17.0. The van der Waals surface area contributed by atoms with Crippen molar-refractivity contribution in [2.75, 3.05) is 11.9 Å². The van der Waals surface area contributed by atoms with Crippen molar-refractivity contribution >= 4 is 22.5 Å². The summed E-state index contributed by atoms with van der Waals surface area (Å²) in [7, 11) is 1.69. The molecule has 0 saturated heterocycles. The van der Waals surface area contributed by atoms with Gasteiger partial charge in [0.15, 0.2) is 0 Å². The third-order valence-electron chi connectivity index (χ3n) is 5.14. The van der Waals surface area contributed by atoms with Gasteiger partial charge in [-0.2, -0.15) is 0 Å². The summed E-state index contributed by atoms with van der Waals surface area (Å²) >= 11 is 0. The number of pyridine rings is 1. The Kier molecular flexibility index (Phi) is 5.27. The first-order chi connectivity index (χ1) is 13.2. The molecule has 0 saturated carbocycles. The third kappa shape index (κ3) is 3.40. The van der Waals surface area contributed by atoms with Crippen molar-refractivity contribution in [3.05, 3.63) is 69.5 Å². The number of aromatic nitrogens is 1. The van der Waals surface area contributed by atoms with Crippen molar-refractivity contribution in [1.29, 1.82) is 0 Å². The molecule has 1 aromatic heterocycles. The molecule has 1 heterocycles. The van der Waals surface area contributed by atoms with Crippen molar-refractivity contribution < 1.29 is 9.90 Å². The predicted molar refractivity (Wildman–Crippen MR) is 114 cm³/mol. The van der Waals surface area contributed by atoms with Crippen molar-refractivity contribution in [1.82, 2.24) is 4.57 Å². The Hall–Kier alpha value is -3.08. The number of benzene rings is 2. The topological polar surface area (TPSA) is 62.5 Å². The maximum Gasteiger partial charge on any atom is 0.261 e. The highest BCUT2D eigenvalue weighted by atomic mass is 16.3. The summed E-state index contributed by atoms with van der Waals surface area (Å²) in [4.78, 5) is 26.9. The van der Waals surface area contributed by atoms with Crippen LogP contribution in [0.1, 0.15) is 48.2 Å². The molecule has 0 aliphatic heterocycles. The Morgan fingerprint density at radius 1 is 1.14 bits per heavy atom. The quantitative estimate of drug-likeness (QED) is 0.730. The molecular formula is C23H26N2O3. The fraction of sp³-hybridized carbons (Fsp3) is 0.304. The van der Waals surface area contributed by atoms with Gasteiger partial charge in [0.2, 0.25) is 0 Å². The Balaban J connectivity index is 2.13. The molecule has 0 bridgehead atoms. The number of fused-ring (bicyclic) bond motifs is 1. The summed E-state index contributed by atoms with van der Waals surface area (Å²) in [5.41, 5.74) is 3.67. The normalized spacial score (nSPS) is 11.2. The van der Waals surface area contributed by atoms with E-state index in [1.54, 1.807) is 35.9 Å². The Morgan fingerprint density at radius 3 is 2.46 bits per heavy atom. The van der Waals surface area contributed by atoms with Crippen LogP contribution in [0.2, 0.25) is 0 Å². The lowest BCUT2D eigenvalue weighted by Crippen LogP contribution is -2.26. The van der Waals surface area contributed by atoms with Gasteiger partial charge in [-0.1, -0.05) is 19.9 Å². The van der Waals surface area contributed by atoms with Gasteiger partial charge in [0, 0.05) is 30.7 Å². The van der Waals surface area contributed by atoms with Gasteiger partial charge in [-0.05, 0) is 61.2 Å². The molecule has 0 unspecified atom stereocenters. The molecule has 3 rings (SSSR count). The molecule has 0 fully saturated rings. The van der Waals surface area contributed by atoms with E-state index in [9.17, 15) is 14.7 Å². The van der Waals surface area contributed by atoms with Crippen molar-refractivity contribution in [2.24, 2.45) is 0 Å². The fourth-order valence-corrected chi connectivity index (χ4v) is 3.53. The van der Waals surface area contributed by atoms with Gasteiger partial charge in [-0.25, -0.2) is 0 Å². The smallest absolute Gasteiger partial charge is 0.261 e. The first-order valence-corrected chi connectivity index (χ1v) is 9.49. The second-order valence-electron chi connectivity index (χ2n) is 7.42. The van der Waals surface area contributed by atoms with Crippen LogP contribution in [-0.4, -0.2) is 22.6 Å². The monoisotopic (exact) mass is 378 g/mol. The number of hydrogen-bond acceptors (Lipinski definition) is 3. The average Bonchev–Trinajstić information content (AvgIpc) is 2.65. The standard InChI is InChI=1S/C23H26N2O3/c1-6-25-20-10-8-16(12-19(20)18(14(2)3)13-22(25)27)24(5)23(28)17-9-7-15(4)11-21(17)26/h7-14,26H,6H2,1-5H3. The molecule has 0 atom stereocenters. The summed E-state index contributed by atoms with van der Waals surface area (Å²) in [6.45, 7) is 8.49. The molecule has 1 N–H and O–H groups in total. The largest absolute Gasteiger partial charge is 0.507 e. The molecule has 1 amide bonds. The number of phenols is 1. The van der Waals surface area contributed by atoms with E-state index in [1.807, 2.05) is 32.0 Å². The predicted octanol–water partition coefficient (Wildman–Crippen LogP) is 4.44. The lowest BCUT2D eigenvalue weighted by Gasteiger charge is -2.21. The van der Waals surface area contributed by atoms with E-state index >= 15 is 0 Å². The molecule has 146 valence electrons. The highest BCUT2D eigenvalue weighted by Crippen LogP contribution is 2.29. The first kappa shape index (κ1) is 19.7. The molecule has 2 aromatic carbocycles. The number of anilines is 1. The number of nitrogens with zero attached hydrogens (tertiary/aromatic N) is 2. The summed E-state index contributed by atoms with van der Waals surface area (Å²) in [6, 6.07) is 12.4. The van der Waals surface area contributed by atoms with Crippen molar-refractivity contribution in [3.63, 3.8) is 0 Å². The molecular weight excluding hydrogens is 352 g/mol. The SMILES string of the molecule is CCn1c(=O)cc(C(C)C)c2cc(N(C)C(=O)c3ccc(C)cc3O)ccc21. The number of hydrogen-bond donors (Lipinski definition) is 1. The van der Waals surface area contributed by atoms with E-state index in [2.05, 4.69) is 13.8 Å². The summed E-state index contributed by atoms with van der Waals surface area (Å²) < 4.78 is 1.73. The highest BCUT2D eigenvalue weighted by Gasteiger charge is 2.19. The van der Waals surface area contributed by atoms with Crippen LogP contribution in [-0.2, 0) is 6.54 Å². The molecule has 5 heteroatoms. The van der Waals surface area contributed by atoms with Crippen LogP contribution in [0.3, 0.4) is 0 Å². The van der Waals surface area contributed by atoms with Crippen LogP contribution >= 0.6 is 0 Å². The van der Waals surface area contributed by atoms with E-state index in [0.29, 0.717) is 12.2 Å². The van der Waals surface area contributed by atoms with Crippen LogP contribution in [0.5, 0.6) is 5.75 Å². The molecule has 0 spiro atoms. The number of amides is 1. The van der Waals surface area contributed by atoms with Crippen LogP contribution in [0.4, 0.5) is 5.69 Å². The Bertz CT molecular complexity index is 1110. The first-order valence-electron chi connectivity index (χ1n) is 9.49. The number of carbonyl (C=O) groups is 1. The second kappa shape index (κ2) is 7.50. The zero-order chi connectivity index (χ0) is 20.6.